The number of urea groups is 1. The number of fused-ring (bicyclic) bond motifs is 1. The van der Waals surface area contributed by atoms with Gasteiger partial charge in [-0.1, -0.05) is 160 Å². The van der Waals surface area contributed by atoms with E-state index in [9.17, 15) is 19.2 Å². The van der Waals surface area contributed by atoms with Gasteiger partial charge in [-0.15, -0.1) is 0 Å². The van der Waals surface area contributed by atoms with E-state index in [-0.39, 0.29) is 32.3 Å². The normalized spacial score (nSPS) is 12.5. The van der Waals surface area contributed by atoms with Gasteiger partial charge < -0.3 is 19.5 Å². The van der Waals surface area contributed by atoms with Crippen molar-refractivity contribution in [1.29, 1.82) is 0 Å². The summed E-state index contributed by atoms with van der Waals surface area (Å²) in [6, 6.07) is 14.9. The molecule has 3 aromatic rings. The van der Waals surface area contributed by atoms with Crippen LogP contribution in [0.3, 0.4) is 0 Å². The minimum Gasteiger partial charge on any atom is -0.461 e. The highest BCUT2D eigenvalue weighted by Crippen LogP contribution is 2.27. The molecule has 10 nitrogen and oxygen atoms in total. The van der Waals surface area contributed by atoms with Crippen LogP contribution in [0.5, 0.6) is 0 Å². The summed E-state index contributed by atoms with van der Waals surface area (Å²) >= 11 is 18.6. The van der Waals surface area contributed by atoms with Crippen LogP contribution in [0.25, 0.3) is 10.2 Å². The number of thiazole rings is 1. The third-order valence-electron chi connectivity index (χ3n) is 8.42. The highest BCUT2D eigenvalue weighted by atomic mass is 35.6. The molecule has 1 heterocycles. The van der Waals surface area contributed by atoms with Gasteiger partial charge in [0, 0.05) is 6.42 Å². The van der Waals surface area contributed by atoms with E-state index in [1.807, 2.05) is 54.6 Å². The molecule has 0 saturated heterocycles. The van der Waals surface area contributed by atoms with Gasteiger partial charge in [0.05, 0.1) is 16.6 Å². The minimum absolute atomic E-state index is 0.0172. The Bertz CT molecular complexity index is 1500. The second-order valence-corrected chi connectivity index (χ2v) is 16.6. The van der Waals surface area contributed by atoms with Crippen molar-refractivity contribution in [3.63, 3.8) is 0 Å². The lowest BCUT2D eigenvalue weighted by Gasteiger charge is -2.23. The second-order valence-electron chi connectivity index (χ2n) is 13.0. The van der Waals surface area contributed by atoms with Crippen LogP contribution >= 0.6 is 46.1 Å². The van der Waals surface area contributed by atoms with Crippen molar-refractivity contribution in [1.82, 2.24) is 10.3 Å². The van der Waals surface area contributed by atoms with Crippen molar-refractivity contribution in [3.05, 3.63) is 60.2 Å². The lowest BCUT2D eigenvalue weighted by molar-refractivity contribution is -0.157. The molecule has 2 atom stereocenters. The summed E-state index contributed by atoms with van der Waals surface area (Å²) < 4.78 is 15.5. The minimum atomic E-state index is -1.79. The summed E-state index contributed by atoms with van der Waals surface area (Å²) in [5.74, 6) is -1.87. The Morgan fingerprint density at radius 2 is 1.42 bits per heavy atom. The number of nitrogens with zero attached hydrogens (tertiary/aromatic N) is 1. The van der Waals surface area contributed by atoms with Crippen molar-refractivity contribution in [2.75, 3.05) is 11.9 Å². The van der Waals surface area contributed by atoms with Crippen LogP contribution < -0.4 is 10.6 Å². The number of aromatic nitrogens is 1. The number of carbonyl (C=O) groups is 4. The first-order valence-corrected chi connectivity index (χ1v) is 20.5. The van der Waals surface area contributed by atoms with Gasteiger partial charge >= 0.3 is 23.9 Å². The van der Waals surface area contributed by atoms with Crippen molar-refractivity contribution in [2.45, 2.75) is 132 Å². The van der Waals surface area contributed by atoms with Gasteiger partial charge in [0.2, 0.25) is 3.79 Å². The van der Waals surface area contributed by atoms with E-state index in [0.29, 0.717) is 11.6 Å². The molecule has 0 aliphatic heterocycles. The molecule has 1 unspecified atom stereocenters. The van der Waals surface area contributed by atoms with E-state index in [2.05, 4.69) is 22.5 Å². The fraction of sp³-hybridized carbons (Fsp3) is 0.564. The van der Waals surface area contributed by atoms with E-state index in [1.165, 1.54) is 56.3 Å². The van der Waals surface area contributed by atoms with Crippen LogP contribution in [0.15, 0.2) is 54.6 Å². The molecule has 0 fully saturated rings. The largest absolute Gasteiger partial charge is 0.461 e. The molecule has 0 aliphatic carbocycles. The molecule has 0 radical (unpaired) electrons. The molecule has 0 spiro atoms. The van der Waals surface area contributed by atoms with E-state index < -0.39 is 46.5 Å². The summed E-state index contributed by atoms with van der Waals surface area (Å²) in [4.78, 5) is 56.4. The number of esters is 3. The SMILES string of the molecule is CCCCCCCCCCCCCC(CC(=O)OCC(Cl)(Cl)Cl)OC(=O)[C@H](CCCC(=O)OCc1ccccc1)NC(=O)Nc1nc2ccccc2s1. The van der Waals surface area contributed by atoms with Crippen molar-refractivity contribution in [3.8, 4) is 0 Å². The zero-order valence-electron chi connectivity index (χ0n) is 30.4. The quantitative estimate of drug-likeness (QED) is 0.0374. The lowest BCUT2D eigenvalue weighted by Crippen LogP contribution is -2.45. The average molecular weight is 813 g/mol. The van der Waals surface area contributed by atoms with Crippen LogP contribution in [-0.4, -0.2) is 51.5 Å². The number of hydrogen-bond donors (Lipinski definition) is 2. The Morgan fingerprint density at radius 3 is 2.08 bits per heavy atom. The summed E-state index contributed by atoms with van der Waals surface area (Å²) in [5.41, 5.74) is 1.58. The Hall–Kier alpha value is -3.12. The number of para-hydroxylation sites is 1. The van der Waals surface area contributed by atoms with Crippen LogP contribution in [0.4, 0.5) is 9.93 Å². The number of nitrogens with one attached hydrogen (secondary N) is 2. The standard InChI is InChI=1S/C39H52Cl3N3O7S/c1-2-3-4-5-6-7-8-9-10-11-15-21-30(26-35(47)51-28-39(40,41)42)52-36(48)32(23-18-25-34(46)50-27-29-19-13-12-14-20-29)43-37(49)45-38-44-31-22-16-17-24-33(31)53-38/h12-14,16-17,19-20,22,24,30,32H,2-11,15,18,21,23,25-28H2,1H3,(H2,43,44,45,49)/t30?,32-/m0/s1. The molecule has 2 aromatic carbocycles. The number of hydrogen-bond acceptors (Lipinski definition) is 9. The van der Waals surface area contributed by atoms with Crippen LogP contribution in [-0.2, 0) is 35.2 Å². The van der Waals surface area contributed by atoms with Gasteiger partial charge in [-0.3, -0.25) is 14.9 Å². The van der Waals surface area contributed by atoms with Gasteiger partial charge in [0.1, 0.15) is 25.4 Å². The molecule has 3 rings (SSSR count). The van der Waals surface area contributed by atoms with E-state index in [4.69, 9.17) is 49.0 Å². The second kappa shape index (κ2) is 25.1. The maximum Gasteiger partial charge on any atom is 0.328 e. The highest BCUT2D eigenvalue weighted by Gasteiger charge is 2.29. The molecule has 0 bridgehead atoms. The molecule has 2 amide bonds. The maximum atomic E-state index is 13.7. The number of benzene rings is 2. The smallest absolute Gasteiger partial charge is 0.328 e. The molecular weight excluding hydrogens is 761 g/mol. The predicted octanol–water partition coefficient (Wildman–Crippen LogP) is 10.6. The number of alkyl halides is 3. The number of anilines is 1. The van der Waals surface area contributed by atoms with Crippen LogP contribution in [0.2, 0.25) is 0 Å². The van der Waals surface area contributed by atoms with E-state index >= 15 is 0 Å². The predicted molar refractivity (Wildman–Crippen MR) is 212 cm³/mol. The summed E-state index contributed by atoms with van der Waals surface area (Å²) in [6.07, 6.45) is 12.2. The number of amides is 2. The van der Waals surface area contributed by atoms with Gasteiger partial charge in [0.15, 0.2) is 5.13 Å². The van der Waals surface area contributed by atoms with E-state index in [1.54, 1.807) is 0 Å². The molecule has 1 aromatic heterocycles. The lowest BCUT2D eigenvalue weighted by atomic mass is 10.0. The first kappa shape index (κ1) is 44.3. The Kier molecular flexibility index (Phi) is 20.9. The third kappa shape index (κ3) is 19.7. The number of carbonyl (C=O) groups excluding carboxylic acids is 4. The van der Waals surface area contributed by atoms with Crippen molar-refractivity contribution < 1.29 is 33.4 Å². The number of unbranched alkanes of at least 4 members (excludes halogenated alkanes) is 10. The molecule has 14 heteroatoms. The molecule has 53 heavy (non-hydrogen) atoms. The summed E-state index contributed by atoms with van der Waals surface area (Å²) in [5, 5.41) is 5.72. The molecule has 0 aliphatic rings. The van der Waals surface area contributed by atoms with Crippen LogP contribution in [0, 0.1) is 0 Å². The number of ether oxygens (including phenoxy) is 3. The first-order valence-electron chi connectivity index (χ1n) is 18.6. The topological polar surface area (TPSA) is 133 Å². The van der Waals surface area contributed by atoms with Gasteiger partial charge in [-0.25, -0.2) is 14.6 Å². The Labute approximate surface area is 332 Å². The van der Waals surface area contributed by atoms with Crippen molar-refractivity contribution >= 4 is 85.4 Å². The fourth-order valence-electron chi connectivity index (χ4n) is 5.62. The van der Waals surface area contributed by atoms with Gasteiger partial charge in [0.25, 0.3) is 0 Å². The van der Waals surface area contributed by atoms with E-state index in [0.717, 1.165) is 41.5 Å². The van der Waals surface area contributed by atoms with Gasteiger partial charge in [-0.05, 0) is 43.4 Å². The summed E-state index contributed by atoms with van der Waals surface area (Å²) in [6.45, 7) is 1.89. The molecular formula is C39H52Cl3N3O7S. The Morgan fingerprint density at radius 1 is 0.774 bits per heavy atom. The molecule has 0 saturated carbocycles. The first-order chi connectivity index (χ1) is 25.5. The fourth-order valence-corrected chi connectivity index (χ4v) is 6.64. The van der Waals surface area contributed by atoms with Crippen LogP contribution in [0.1, 0.15) is 115 Å². The molecule has 2 N–H and O–H groups in total. The zero-order chi connectivity index (χ0) is 38.3. The zero-order valence-corrected chi connectivity index (χ0v) is 33.5. The Balaban J connectivity index is 1.59. The number of halogens is 3. The highest BCUT2D eigenvalue weighted by molar-refractivity contribution is 7.22. The maximum absolute atomic E-state index is 13.7. The third-order valence-corrected chi connectivity index (χ3v) is 9.70. The van der Waals surface area contributed by atoms with Crippen molar-refractivity contribution in [2.24, 2.45) is 0 Å². The monoisotopic (exact) mass is 811 g/mol. The average Bonchev–Trinajstić information content (AvgIpc) is 3.54. The molecule has 292 valence electrons. The van der Waals surface area contributed by atoms with Gasteiger partial charge in [-0.2, -0.15) is 0 Å². The summed E-state index contributed by atoms with van der Waals surface area (Å²) in [7, 11) is 0. The number of rotatable bonds is 25.